The molecule has 3 rings (SSSR count). The number of anilines is 3. The summed E-state index contributed by atoms with van der Waals surface area (Å²) in [5.74, 6) is 1.15. The Morgan fingerprint density at radius 1 is 1.12 bits per heavy atom. The van der Waals surface area contributed by atoms with E-state index in [4.69, 9.17) is 11.6 Å². The molecule has 0 bridgehead atoms. The molecule has 0 saturated heterocycles. The molecule has 0 fully saturated rings. The van der Waals surface area contributed by atoms with E-state index in [2.05, 4.69) is 20.6 Å². The van der Waals surface area contributed by atoms with Gasteiger partial charge in [0, 0.05) is 29.0 Å². The molecular formula is C19H17ClN4O. The molecule has 2 N–H and O–H groups in total. The second-order valence-corrected chi connectivity index (χ2v) is 5.88. The number of carbonyl (C=O) groups excluding carboxylic acids is 1. The fraction of sp³-hybridized carbons (Fsp3) is 0.105. The summed E-state index contributed by atoms with van der Waals surface area (Å²) in [6.07, 6.45) is 1.67. The lowest BCUT2D eigenvalue weighted by Crippen LogP contribution is -2.05. The molecule has 0 amide bonds. The van der Waals surface area contributed by atoms with Gasteiger partial charge in [0.15, 0.2) is 5.78 Å². The Labute approximate surface area is 151 Å². The molecule has 2 aromatic carbocycles. The summed E-state index contributed by atoms with van der Waals surface area (Å²) in [7, 11) is 0. The molecule has 126 valence electrons. The van der Waals surface area contributed by atoms with Crippen molar-refractivity contribution in [1.29, 1.82) is 0 Å². The van der Waals surface area contributed by atoms with Crippen LogP contribution in [0.15, 0.2) is 60.8 Å². The van der Waals surface area contributed by atoms with Gasteiger partial charge >= 0.3 is 0 Å². The molecule has 0 radical (unpaired) electrons. The molecular weight excluding hydrogens is 336 g/mol. The van der Waals surface area contributed by atoms with Gasteiger partial charge in [-0.15, -0.1) is 0 Å². The summed E-state index contributed by atoms with van der Waals surface area (Å²) in [5.41, 5.74) is 2.42. The fourth-order valence-electron chi connectivity index (χ4n) is 2.29. The lowest BCUT2D eigenvalue weighted by Gasteiger charge is -2.10. The minimum Gasteiger partial charge on any atom is -0.350 e. The molecule has 0 aliphatic heterocycles. The van der Waals surface area contributed by atoms with Crippen LogP contribution < -0.4 is 10.6 Å². The van der Waals surface area contributed by atoms with Gasteiger partial charge in [-0.2, -0.15) is 4.98 Å². The fourth-order valence-corrected chi connectivity index (χ4v) is 2.50. The summed E-state index contributed by atoms with van der Waals surface area (Å²) in [5, 5.41) is 7.04. The van der Waals surface area contributed by atoms with Crippen molar-refractivity contribution in [3.8, 4) is 0 Å². The molecule has 0 aliphatic carbocycles. The number of rotatable bonds is 6. The Morgan fingerprint density at radius 2 is 1.96 bits per heavy atom. The van der Waals surface area contributed by atoms with Crippen LogP contribution in [-0.4, -0.2) is 15.8 Å². The first-order chi connectivity index (χ1) is 12.1. The Balaban J connectivity index is 1.70. The highest BCUT2D eigenvalue weighted by Gasteiger charge is 2.04. The highest BCUT2D eigenvalue weighted by Crippen LogP contribution is 2.18. The van der Waals surface area contributed by atoms with Gasteiger partial charge in [-0.25, -0.2) is 4.98 Å². The van der Waals surface area contributed by atoms with Crippen LogP contribution in [0.1, 0.15) is 22.8 Å². The topological polar surface area (TPSA) is 66.9 Å². The Morgan fingerprint density at radius 3 is 2.76 bits per heavy atom. The van der Waals surface area contributed by atoms with Gasteiger partial charge in [0.05, 0.1) is 0 Å². The number of aromatic nitrogens is 2. The normalized spacial score (nSPS) is 10.3. The Hall–Kier alpha value is -2.92. The van der Waals surface area contributed by atoms with Crippen LogP contribution in [0.3, 0.4) is 0 Å². The van der Waals surface area contributed by atoms with Crippen LogP contribution in [0.2, 0.25) is 5.02 Å². The Kier molecular flexibility index (Phi) is 5.26. The number of halogens is 1. The van der Waals surface area contributed by atoms with Gasteiger partial charge in [-0.3, -0.25) is 4.79 Å². The number of hydrogen-bond donors (Lipinski definition) is 2. The zero-order valence-corrected chi connectivity index (χ0v) is 14.4. The predicted octanol–water partition coefficient (Wildman–Crippen LogP) is 4.69. The summed E-state index contributed by atoms with van der Waals surface area (Å²) in [4.78, 5) is 20.1. The SMILES string of the molecule is CC(=O)c1cccc(Nc2ccnc(NCc3ccccc3Cl)n2)c1. The molecule has 6 heteroatoms. The molecule has 5 nitrogen and oxygen atoms in total. The number of Topliss-reactive ketones (excluding diaryl/α,β-unsaturated/α-hetero) is 1. The first-order valence-corrected chi connectivity index (χ1v) is 8.18. The average molecular weight is 353 g/mol. The zero-order chi connectivity index (χ0) is 17.6. The van der Waals surface area contributed by atoms with Gasteiger partial charge < -0.3 is 10.6 Å². The summed E-state index contributed by atoms with van der Waals surface area (Å²) < 4.78 is 0. The van der Waals surface area contributed by atoms with E-state index in [1.807, 2.05) is 36.4 Å². The van der Waals surface area contributed by atoms with Crippen molar-refractivity contribution < 1.29 is 4.79 Å². The zero-order valence-electron chi connectivity index (χ0n) is 13.7. The largest absolute Gasteiger partial charge is 0.350 e. The van der Waals surface area contributed by atoms with Crippen LogP contribution in [0.25, 0.3) is 0 Å². The molecule has 0 atom stereocenters. The molecule has 1 heterocycles. The first kappa shape index (κ1) is 16.9. The Bertz CT molecular complexity index is 898. The molecule has 0 unspecified atom stereocenters. The molecule has 0 aliphatic rings. The number of hydrogen-bond acceptors (Lipinski definition) is 5. The molecule has 0 saturated carbocycles. The van der Waals surface area contributed by atoms with E-state index in [1.165, 1.54) is 0 Å². The van der Waals surface area contributed by atoms with Crippen molar-refractivity contribution >= 4 is 34.8 Å². The van der Waals surface area contributed by atoms with Crippen LogP contribution in [-0.2, 0) is 6.54 Å². The van der Waals surface area contributed by atoms with Gasteiger partial charge in [0.25, 0.3) is 0 Å². The maximum atomic E-state index is 11.5. The van der Waals surface area contributed by atoms with Crippen molar-refractivity contribution in [2.24, 2.45) is 0 Å². The molecule has 3 aromatic rings. The van der Waals surface area contributed by atoms with Crippen molar-refractivity contribution in [3.63, 3.8) is 0 Å². The molecule has 0 spiro atoms. The van der Waals surface area contributed by atoms with Crippen molar-refractivity contribution in [2.75, 3.05) is 10.6 Å². The van der Waals surface area contributed by atoms with Crippen molar-refractivity contribution in [2.45, 2.75) is 13.5 Å². The van der Waals surface area contributed by atoms with E-state index < -0.39 is 0 Å². The van der Waals surface area contributed by atoms with E-state index in [-0.39, 0.29) is 5.78 Å². The molecule has 1 aromatic heterocycles. The number of benzene rings is 2. The maximum absolute atomic E-state index is 11.5. The van der Waals surface area contributed by atoms with Crippen molar-refractivity contribution in [3.05, 3.63) is 76.9 Å². The predicted molar refractivity (Wildman–Crippen MR) is 101 cm³/mol. The highest BCUT2D eigenvalue weighted by atomic mass is 35.5. The quantitative estimate of drug-likeness (QED) is 0.630. The second kappa shape index (κ2) is 7.77. The lowest BCUT2D eigenvalue weighted by atomic mass is 10.1. The number of carbonyl (C=O) groups is 1. The first-order valence-electron chi connectivity index (χ1n) is 7.80. The highest BCUT2D eigenvalue weighted by molar-refractivity contribution is 6.31. The monoisotopic (exact) mass is 352 g/mol. The lowest BCUT2D eigenvalue weighted by molar-refractivity contribution is 0.101. The number of nitrogens with zero attached hydrogens (tertiary/aromatic N) is 2. The van der Waals surface area contributed by atoms with Gasteiger partial charge in [-0.05, 0) is 36.8 Å². The van der Waals surface area contributed by atoms with Crippen LogP contribution in [0, 0.1) is 0 Å². The van der Waals surface area contributed by atoms with E-state index in [1.54, 1.807) is 31.3 Å². The third-order valence-corrected chi connectivity index (χ3v) is 3.96. The standard InChI is InChI=1S/C19H17ClN4O/c1-13(25)14-6-4-7-16(11-14)23-18-9-10-21-19(24-18)22-12-15-5-2-3-8-17(15)20/h2-11H,12H2,1H3,(H2,21,22,23,24). The van der Waals surface area contributed by atoms with Crippen LogP contribution >= 0.6 is 11.6 Å². The summed E-state index contributed by atoms with van der Waals surface area (Å²) >= 11 is 6.15. The van der Waals surface area contributed by atoms with Crippen molar-refractivity contribution in [1.82, 2.24) is 9.97 Å². The molecule has 25 heavy (non-hydrogen) atoms. The van der Waals surface area contributed by atoms with Crippen LogP contribution in [0.4, 0.5) is 17.5 Å². The van der Waals surface area contributed by atoms with E-state index in [0.29, 0.717) is 28.9 Å². The van der Waals surface area contributed by atoms with Gasteiger partial charge in [-0.1, -0.05) is 41.9 Å². The van der Waals surface area contributed by atoms with Crippen LogP contribution in [0.5, 0.6) is 0 Å². The van der Waals surface area contributed by atoms with E-state index in [0.717, 1.165) is 11.3 Å². The minimum absolute atomic E-state index is 0.0217. The van der Waals surface area contributed by atoms with E-state index in [9.17, 15) is 4.79 Å². The number of nitrogens with one attached hydrogen (secondary N) is 2. The van der Waals surface area contributed by atoms with Gasteiger partial charge in [0.2, 0.25) is 5.95 Å². The third-order valence-electron chi connectivity index (χ3n) is 3.59. The minimum atomic E-state index is 0.0217. The third kappa shape index (κ3) is 4.55. The maximum Gasteiger partial charge on any atom is 0.224 e. The summed E-state index contributed by atoms with van der Waals surface area (Å²) in [6.45, 7) is 2.07. The number of ketones is 1. The second-order valence-electron chi connectivity index (χ2n) is 5.47. The smallest absolute Gasteiger partial charge is 0.224 e. The van der Waals surface area contributed by atoms with E-state index >= 15 is 0 Å². The van der Waals surface area contributed by atoms with Gasteiger partial charge in [0.1, 0.15) is 5.82 Å². The summed E-state index contributed by atoms with van der Waals surface area (Å²) in [6, 6.07) is 16.7. The average Bonchev–Trinajstić information content (AvgIpc) is 2.61.